The van der Waals surface area contributed by atoms with E-state index in [-0.39, 0.29) is 35.0 Å². The summed E-state index contributed by atoms with van der Waals surface area (Å²) >= 11 is -0.513. The molecule has 13 heteroatoms. The number of ether oxygens (including phenoxy) is 1. The second kappa shape index (κ2) is 19.6. The third-order valence-corrected chi connectivity index (χ3v) is 14.4. The SMILES string of the molecule is OB(O)c1cccc2ccccc12.[C-]#[N+]c1cc(-c2nc(C)c(C(=O)O)[se]2)ccc1-c1cccc2ccccc12.[C-]#[N+]c1cc(-c2nc(C)c(C(=O)OCC)[se]2)ccc1C. The predicted octanol–water partition coefficient (Wildman–Crippen LogP) is 8.85. The van der Waals surface area contributed by atoms with Gasteiger partial charge in [-0.1, -0.05) is 42.5 Å². The Morgan fingerprint density at radius 3 is 1.80 bits per heavy atom. The normalized spacial score (nSPS) is 10.4. The predicted molar refractivity (Wildman–Crippen MR) is 240 cm³/mol. The number of carboxylic acid groups (broad SMARTS) is 1. The van der Waals surface area contributed by atoms with Gasteiger partial charge in [0, 0.05) is 0 Å². The number of carbonyl (C=O) groups is 2. The first-order valence-electron chi connectivity index (χ1n) is 18.6. The van der Waals surface area contributed by atoms with Gasteiger partial charge in [0.2, 0.25) is 0 Å². The van der Waals surface area contributed by atoms with E-state index in [2.05, 4.69) is 37.9 Å². The van der Waals surface area contributed by atoms with Gasteiger partial charge in [-0.25, -0.2) is 0 Å². The van der Waals surface area contributed by atoms with E-state index in [1.807, 2.05) is 111 Å². The molecule has 0 fully saturated rings. The molecule has 0 aliphatic heterocycles. The first kappa shape index (κ1) is 43.2. The van der Waals surface area contributed by atoms with Gasteiger partial charge in [0.25, 0.3) is 0 Å². The summed E-state index contributed by atoms with van der Waals surface area (Å²) in [6.45, 7) is 22.4. The van der Waals surface area contributed by atoms with Crippen LogP contribution in [0.2, 0.25) is 0 Å². The molecule has 0 amide bonds. The van der Waals surface area contributed by atoms with Gasteiger partial charge < -0.3 is 10.0 Å². The summed E-state index contributed by atoms with van der Waals surface area (Å²) in [4.78, 5) is 39.3. The van der Waals surface area contributed by atoms with Crippen LogP contribution in [0.25, 0.3) is 62.6 Å². The van der Waals surface area contributed by atoms with E-state index in [1.54, 1.807) is 19.9 Å². The minimum atomic E-state index is -1.40. The van der Waals surface area contributed by atoms with Crippen molar-refractivity contribution in [1.29, 1.82) is 0 Å². The molecular weight excluding hydrogens is 885 g/mol. The molecule has 0 spiro atoms. The van der Waals surface area contributed by atoms with Gasteiger partial charge >= 0.3 is 293 Å². The first-order valence-corrected chi connectivity index (χ1v) is 22.0. The molecule has 8 rings (SSSR count). The first-order chi connectivity index (χ1) is 28.9. The topological polar surface area (TPSA) is 139 Å². The molecule has 8 aromatic rings. The molecule has 2 aromatic heterocycles. The van der Waals surface area contributed by atoms with Crippen LogP contribution in [-0.4, -0.2) is 79.8 Å². The van der Waals surface area contributed by atoms with Crippen LogP contribution in [0.3, 0.4) is 0 Å². The number of carboxylic acids is 1. The van der Waals surface area contributed by atoms with Crippen molar-refractivity contribution < 1.29 is 29.5 Å². The third-order valence-electron chi connectivity index (χ3n) is 9.37. The molecule has 0 aliphatic carbocycles. The minimum absolute atomic E-state index is 0.162. The molecule has 296 valence electrons. The Labute approximate surface area is 359 Å². The van der Waals surface area contributed by atoms with E-state index >= 15 is 0 Å². The average Bonchev–Trinajstić information content (AvgIpc) is 3.86. The second-order valence-corrected chi connectivity index (χ2v) is 17.5. The van der Waals surface area contributed by atoms with E-state index in [4.69, 9.17) is 27.9 Å². The molecule has 0 atom stereocenters. The second-order valence-electron chi connectivity index (χ2n) is 13.3. The summed E-state index contributed by atoms with van der Waals surface area (Å²) in [6.07, 6.45) is 0. The molecule has 3 N–H and O–H groups in total. The van der Waals surface area contributed by atoms with Gasteiger partial charge in [-0.15, -0.1) is 0 Å². The molecule has 0 saturated heterocycles. The fraction of sp³-hybridized carbons (Fsp3) is 0.106. The fourth-order valence-corrected chi connectivity index (χ4v) is 10.3. The van der Waals surface area contributed by atoms with E-state index < -0.39 is 13.1 Å². The van der Waals surface area contributed by atoms with E-state index in [0.29, 0.717) is 38.0 Å². The van der Waals surface area contributed by atoms with Crippen LogP contribution in [0.5, 0.6) is 0 Å². The van der Waals surface area contributed by atoms with Crippen LogP contribution in [0, 0.1) is 33.9 Å². The summed E-state index contributed by atoms with van der Waals surface area (Å²) in [7, 11) is -1.40. The fourth-order valence-electron chi connectivity index (χ4n) is 6.41. The Balaban J connectivity index is 0.000000161. The maximum absolute atomic E-state index is 11.8. The molecule has 0 unspecified atom stereocenters. The Kier molecular flexibility index (Phi) is 14.1. The third kappa shape index (κ3) is 9.72. The number of fused-ring (bicyclic) bond motifs is 2. The van der Waals surface area contributed by atoms with Crippen molar-refractivity contribution >= 4 is 86.4 Å². The number of hydrogen-bond acceptors (Lipinski definition) is 7. The zero-order valence-corrected chi connectivity index (χ0v) is 36.4. The van der Waals surface area contributed by atoms with Crippen molar-refractivity contribution in [3.05, 3.63) is 170 Å². The number of aromatic carboxylic acids is 1. The molecule has 6 aromatic carbocycles. The van der Waals surface area contributed by atoms with Crippen molar-refractivity contribution in [3.63, 3.8) is 0 Å². The molecule has 0 bridgehead atoms. The molecular formula is C47H37BN4O6Se2. The van der Waals surface area contributed by atoms with Gasteiger partial charge in [0.1, 0.15) is 0 Å². The van der Waals surface area contributed by atoms with E-state index in [0.717, 1.165) is 64.2 Å². The van der Waals surface area contributed by atoms with Crippen LogP contribution in [0.1, 0.15) is 42.3 Å². The summed E-state index contributed by atoms with van der Waals surface area (Å²) in [5.41, 5.74) is 7.59. The van der Waals surface area contributed by atoms with Crippen LogP contribution >= 0.6 is 0 Å². The number of aromatic nitrogens is 2. The molecule has 0 saturated carbocycles. The van der Waals surface area contributed by atoms with Gasteiger partial charge in [-0.3, -0.25) is 0 Å². The van der Waals surface area contributed by atoms with E-state index in [9.17, 15) is 14.7 Å². The molecule has 0 radical (unpaired) electrons. The maximum atomic E-state index is 11.8. The van der Waals surface area contributed by atoms with Crippen molar-refractivity contribution in [2.45, 2.75) is 27.7 Å². The number of carbonyl (C=O) groups excluding carboxylic acids is 1. The van der Waals surface area contributed by atoms with Crippen LogP contribution < -0.4 is 5.46 Å². The number of rotatable bonds is 7. The van der Waals surface area contributed by atoms with Gasteiger partial charge in [-0.05, 0) is 16.2 Å². The monoisotopic (exact) mass is 924 g/mol. The zero-order valence-electron chi connectivity index (χ0n) is 33.0. The van der Waals surface area contributed by atoms with Gasteiger partial charge in [0.05, 0.1) is 0 Å². The average molecular weight is 923 g/mol. The number of nitrogens with zero attached hydrogens (tertiary/aromatic N) is 4. The Morgan fingerprint density at radius 1 is 0.667 bits per heavy atom. The Morgan fingerprint density at radius 2 is 1.20 bits per heavy atom. The molecule has 60 heavy (non-hydrogen) atoms. The van der Waals surface area contributed by atoms with Crippen molar-refractivity contribution in [2.75, 3.05) is 6.61 Å². The standard InChI is InChI=1S/C22H14N2O2Se.C15H14N2O2Se.C10H9BO2/c1-13-20(22(25)26)27-21(24-13)15-10-11-18(19(12-15)23-2)17-9-5-7-14-6-3-4-8-16(14)17;1-5-19-15(18)13-10(3)17-14(20-13)11-7-6-9(2)12(8-11)16-4;12-11(13)10-7-3-5-8-4-1-2-6-9(8)10/h3-12H,1H3,(H,25,26);6-8H,5H2,1-3H3;1-7,12-13H. The molecule has 2 heterocycles. The zero-order chi connectivity index (χ0) is 42.9. The van der Waals surface area contributed by atoms with E-state index in [1.165, 1.54) is 0 Å². The number of hydrogen-bond donors (Lipinski definition) is 3. The summed E-state index contributed by atoms with van der Waals surface area (Å²) in [5.74, 6) is -1.19. The van der Waals surface area contributed by atoms with Gasteiger partial charge in [-0.2, -0.15) is 0 Å². The Bertz CT molecular complexity index is 2950. The van der Waals surface area contributed by atoms with Crippen molar-refractivity contribution in [2.24, 2.45) is 0 Å². The number of benzene rings is 6. The van der Waals surface area contributed by atoms with Gasteiger partial charge in [0.15, 0.2) is 0 Å². The molecule has 10 nitrogen and oxygen atoms in total. The summed E-state index contributed by atoms with van der Waals surface area (Å²) in [5, 5.41) is 31.6. The van der Waals surface area contributed by atoms with Crippen molar-refractivity contribution in [3.8, 4) is 31.4 Å². The number of aryl methyl sites for hydroxylation is 3. The molecule has 0 aliphatic rings. The summed E-state index contributed by atoms with van der Waals surface area (Å²) in [6, 6.07) is 38.7. The van der Waals surface area contributed by atoms with Crippen LogP contribution in [0.4, 0.5) is 11.4 Å². The van der Waals surface area contributed by atoms with Crippen LogP contribution in [-0.2, 0) is 4.74 Å². The summed E-state index contributed by atoms with van der Waals surface area (Å²) < 4.78 is 7.72. The number of esters is 1. The van der Waals surface area contributed by atoms with Crippen LogP contribution in [0.15, 0.2) is 121 Å². The quantitative estimate of drug-likeness (QED) is 0.0820. The Hall–Kier alpha value is -6.40. The van der Waals surface area contributed by atoms with Crippen molar-refractivity contribution in [1.82, 2.24) is 9.97 Å².